The zero-order valence-corrected chi connectivity index (χ0v) is 11.5. The van der Waals surface area contributed by atoms with Gasteiger partial charge in [-0.05, 0) is 24.6 Å². The largest absolute Gasteiger partial charge is 0.302 e. The van der Waals surface area contributed by atoms with Gasteiger partial charge in [0.25, 0.3) is 0 Å². The monoisotopic (exact) mass is 263 g/mol. The molecule has 0 radical (unpaired) electrons. The Kier molecular flexibility index (Phi) is 2.44. The van der Waals surface area contributed by atoms with Crippen molar-refractivity contribution in [2.75, 3.05) is 6.54 Å². The minimum atomic E-state index is -0.185. The molecule has 0 fully saturated rings. The molecule has 0 amide bonds. The maximum atomic E-state index is 4.80. The maximum absolute atomic E-state index is 4.80. The molecular formula is C17H17N3. The van der Waals surface area contributed by atoms with Crippen LogP contribution in [0.4, 0.5) is 0 Å². The van der Waals surface area contributed by atoms with E-state index in [1.165, 1.54) is 17.0 Å². The van der Waals surface area contributed by atoms with Crippen molar-refractivity contribution < 1.29 is 0 Å². The van der Waals surface area contributed by atoms with Crippen LogP contribution in [-0.2, 0) is 12.0 Å². The zero-order chi connectivity index (χ0) is 13.6. The molecule has 100 valence electrons. The second kappa shape index (κ2) is 4.18. The van der Waals surface area contributed by atoms with Gasteiger partial charge in [0.1, 0.15) is 5.65 Å². The van der Waals surface area contributed by atoms with Crippen LogP contribution in [-0.4, -0.2) is 15.9 Å². The Morgan fingerprint density at radius 3 is 2.75 bits per heavy atom. The van der Waals surface area contributed by atoms with Crippen LogP contribution >= 0.6 is 0 Å². The molecule has 0 saturated heterocycles. The van der Waals surface area contributed by atoms with Crippen molar-refractivity contribution in [2.45, 2.75) is 18.9 Å². The summed E-state index contributed by atoms with van der Waals surface area (Å²) in [5, 5.41) is 3.69. The van der Waals surface area contributed by atoms with E-state index in [1.807, 2.05) is 6.07 Å². The van der Waals surface area contributed by atoms with E-state index in [0.717, 1.165) is 18.6 Å². The van der Waals surface area contributed by atoms with Crippen molar-refractivity contribution in [3.05, 3.63) is 71.7 Å². The summed E-state index contributed by atoms with van der Waals surface area (Å²) >= 11 is 0. The van der Waals surface area contributed by atoms with Gasteiger partial charge in [0, 0.05) is 19.2 Å². The summed E-state index contributed by atoms with van der Waals surface area (Å²) in [5.74, 6) is 0. The molecule has 1 atom stereocenters. The van der Waals surface area contributed by atoms with Crippen LogP contribution < -0.4 is 5.32 Å². The number of aromatic nitrogens is 2. The highest BCUT2D eigenvalue weighted by atomic mass is 15.1. The Morgan fingerprint density at radius 2 is 1.90 bits per heavy atom. The van der Waals surface area contributed by atoms with Gasteiger partial charge in [-0.3, -0.25) is 0 Å². The molecule has 0 saturated carbocycles. The van der Waals surface area contributed by atoms with E-state index < -0.39 is 0 Å². The normalized spacial score (nSPS) is 21.9. The summed E-state index contributed by atoms with van der Waals surface area (Å²) in [6.07, 6.45) is 3.09. The van der Waals surface area contributed by atoms with Crippen molar-refractivity contribution in [1.82, 2.24) is 14.7 Å². The van der Waals surface area contributed by atoms with Crippen LogP contribution in [0.1, 0.15) is 23.9 Å². The Balaban J connectivity index is 2.02. The van der Waals surface area contributed by atoms with Gasteiger partial charge in [0.15, 0.2) is 0 Å². The zero-order valence-electron chi connectivity index (χ0n) is 11.5. The predicted molar refractivity (Wildman–Crippen MR) is 79.8 cm³/mol. The van der Waals surface area contributed by atoms with Gasteiger partial charge in [0.2, 0.25) is 0 Å². The van der Waals surface area contributed by atoms with Crippen LogP contribution in [0.2, 0.25) is 0 Å². The van der Waals surface area contributed by atoms with Crippen molar-refractivity contribution in [2.24, 2.45) is 0 Å². The molecule has 3 aromatic rings. The van der Waals surface area contributed by atoms with E-state index in [0.29, 0.717) is 0 Å². The molecule has 0 bridgehead atoms. The number of hydrogen-bond acceptors (Lipinski definition) is 2. The van der Waals surface area contributed by atoms with E-state index in [2.05, 4.69) is 65.3 Å². The van der Waals surface area contributed by atoms with Gasteiger partial charge in [-0.25, -0.2) is 4.98 Å². The third-order valence-corrected chi connectivity index (χ3v) is 4.27. The van der Waals surface area contributed by atoms with E-state index >= 15 is 0 Å². The van der Waals surface area contributed by atoms with Gasteiger partial charge in [-0.15, -0.1) is 0 Å². The van der Waals surface area contributed by atoms with Crippen LogP contribution in [0.15, 0.2) is 54.7 Å². The number of imidazole rings is 1. The summed E-state index contributed by atoms with van der Waals surface area (Å²) in [4.78, 5) is 4.80. The third kappa shape index (κ3) is 1.53. The lowest BCUT2D eigenvalue weighted by Crippen LogP contribution is -2.46. The fourth-order valence-electron chi connectivity index (χ4n) is 3.27. The number of rotatable bonds is 1. The van der Waals surface area contributed by atoms with Crippen LogP contribution in [0.3, 0.4) is 0 Å². The van der Waals surface area contributed by atoms with Crippen molar-refractivity contribution >= 4 is 5.65 Å². The minimum Gasteiger partial charge on any atom is -0.302 e. The Morgan fingerprint density at radius 1 is 1.10 bits per heavy atom. The predicted octanol–water partition coefficient (Wildman–Crippen LogP) is 2.74. The maximum Gasteiger partial charge on any atom is 0.137 e. The topological polar surface area (TPSA) is 29.3 Å². The van der Waals surface area contributed by atoms with Crippen LogP contribution in [0, 0.1) is 0 Å². The smallest absolute Gasteiger partial charge is 0.137 e. The molecule has 1 aliphatic heterocycles. The Bertz CT molecular complexity index is 760. The van der Waals surface area contributed by atoms with Crippen molar-refractivity contribution in [1.29, 1.82) is 0 Å². The first-order valence-corrected chi connectivity index (χ1v) is 7.06. The highest BCUT2D eigenvalue weighted by Gasteiger charge is 2.37. The standard InChI is InChI=1S/C17H17N3/c1-17(13-7-3-2-4-8-13)16-14(10-11-18-17)19-15-9-5-6-12-20(15)16/h2-9,12,18H,10-11H2,1H3. The lowest BCUT2D eigenvalue weighted by atomic mass is 9.84. The van der Waals surface area contributed by atoms with E-state index in [1.54, 1.807) is 0 Å². The SMILES string of the molecule is CC1(c2ccccc2)NCCc2nc3ccccn3c21. The fourth-order valence-corrected chi connectivity index (χ4v) is 3.27. The molecule has 0 aliphatic carbocycles. The molecule has 0 spiro atoms. The summed E-state index contributed by atoms with van der Waals surface area (Å²) in [7, 11) is 0. The summed E-state index contributed by atoms with van der Waals surface area (Å²) in [6.45, 7) is 3.21. The number of pyridine rings is 1. The van der Waals surface area contributed by atoms with E-state index in [4.69, 9.17) is 4.98 Å². The van der Waals surface area contributed by atoms with Crippen LogP contribution in [0.25, 0.3) is 5.65 Å². The molecule has 2 aromatic heterocycles. The number of benzene rings is 1. The summed E-state index contributed by atoms with van der Waals surface area (Å²) in [5.41, 5.74) is 4.61. The Labute approximate surface area is 118 Å². The molecule has 3 heteroatoms. The van der Waals surface area contributed by atoms with Gasteiger partial charge in [0.05, 0.1) is 16.9 Å². The number of nitrogens with zero attached hydrogens (tertiary/aromatic N) is 2. The molecular weight excluding hydrogens is 246 g/mol. The fraction of sp³-hybridized carbons (Fsp3) is 0.235. The second-order valence-corrected chi connectivity index (χ2v) is 5.50. The lowest BCUT2D eigenvalue weighted by molar-refractivity contribution is 0.399. The van der Waals surface area contributed by atoms with Crippen molar-refractivity contribution in [3.8, 4) is 0 Å². The molecule has 1 N–H and O–H groups in total. The van der Waals surface area contributed by atoms with Gasteiger partial charge in [-0.1, -0.05) is 36.4 Å². The van der Waals surface area contributed by atoms with Crippen molar-refractivity contribution in [3.63, 3.8) is 0 Å². The average Bonchev–Trinajstić information content (AvgIpc) is 2.88. The number of hydrogen-bond donors (Lipinski definition) is 1. The van der Waals surface area contributed by atoms with E-state index in [-0.39, 0.29) is 5.54 Å². The molecule has 1 aliphatic rings. The molecule has 20 heavy (non-hydrogen) atoms. The minimum absolute atomic E-state index is 0.185. The molecule has 4 rings (SSSR count). The highest BCUT2D eigenvalue weighted by Crippen LogP contribution is 2.34. The molecule has 1 unspecified atom stereocenters. The Hall–Kier alpha value is -2.13. The van der Waals surface area contributed by atoms with Gasteiger partial charge >= 0.3 is 0 Å². The quantitative estimate of drug-likeness (QED) is 0.731. The van der Waals surface area contributed by atoms with Gasteiger partial charge < -0.3 is 9.72 Å². The van der Waals surface area contributed by atoms with Gasteiger partial charge in [-0.2, -0.15) is 0 Å². The number of nitrogens with one attached hydrogen (secondary N) is 1. The third-order valence-electron chi connectivity index (χ3n) is 4.27. The first kappa shape index (κ1) is 11.7. The van der Waals surface area contributed by atoms with E-state index in [9.17, 15) is 0 Å². The van der Waals surface area contributed by atoms with Crippen LogP contribution in [0.5, 0.6) is 0 Å². The second-order valence-electron chi connectivity index (χ2n) is 5.50. The number of fused-ring (bicyclic) bond motifs is 3. The molecule has 1 aromatic carbocycles. The molecule has 3 heterocycles. The summed E-state index contributed by atoms with van der Waals surface area (Å²) < 4.78 is 2.22. The molecule has 3 nitrogen and oxygen atoms in total. The first-order valence-electron chi connectivity index (χ1n) is 7.06. The summed E-state index contributed by atoms with van der Waals surface area (Å²) in [6, 6.07) is 16.8. The first-order chi connectivity index (χ1) is 9.79. The lowest BCUT2D eigenvalue weighted by Gasteiger charge is -2.35. The average molecular weight is 263 g/mol. The highest BCUT2D eigenvalue weighted by molar-refractivity contribution is 5.49.